The van der Waals surface area contributed by atoms with E-state index in [0.29, 0.717) is 24.5 Å². The molecule has 0 atom stereocenters. The zero-order valence-corrected chi connectivity index (χ0v) is 12.0. The van der Waals surface area contributed by atoms with Crippen LogP contribution in [0.3, 0.4) is 0 Å². The number of aliphatic carboxylic acids is 1. The molecule has 20 heavy (non-hydrogen) atoms. The van der Waals surface area contributed by atoms with E-state index in [1.54, 1.807) is 18.0 Å². The molecular weight excluding hydrogens is 258 g/mol. The molecule has 1 N–H and O–H groups in total. The second-order valence-electron chi connectivity index (χ2n) is 5.73. The number of ether oxygens (including phenoxy) is 1. The third-order valence-corrected chi connectivity index (χ3v) is 3.48. The SMILES string of the molecule is CN1C(=O)C(C)(C)COc2ccc(CCC(=O)O)cc21. The predicted octanol–water partition coefficient (Wildman–Crippen LogP) is 2.09. The minimum absolute atomic E-state index is 0.00775. The van der Waals surface area contributed by atoms with Crippen LogP contribution in [0, 0.1) is 5.41 Å². The molecule has 1 heterocycles. The molecule has 0 saturated heterocycles. The Morgan fingerprint density at radius 1 is 1.45 bits per heavy atom. The molecule has 0 radical (unpaired) electrons. The largest absolute Gasteiger partial charge is 0.490 e. The molecular formula is C15H19NO4. The molecule has 1 amide bonds. The lowest BCUT2D eigenvalue weighted by molar-refractivity contribution is -0.137. The fraction of sp³-hybridized carbons (Fsp3) is 0.467. The Kier molecular flexibility index (Phi) is 3.70. The maximum absolute atomic E-state index is 12.4. The molecule has 1 aliphatic rings. The number of nitrogens with zero attached hydrogens (tertiary/aromatic N) is 1. The van der Waals surface area contributed by atoms with Gasteiger partial charge in [0.15, 0.2) is 0 Å². The summed E-state index contributed by atoms with van der Waals surface area (Å²) in [6.45, 7) is 4.03. The Labute approximate surface area is 118 Å². The van der Waals surface area contributed by atoms with Gasteiger partial charge in [0.2, 0.25) is 5.91 Å². The molecule has 1 aliphatic heterocycles. The third kappa shape index (κ3) is 2.76. The van der Waals surface area contributed by atoms with Crippen molar-refractivity contribution in [2.75, 3.05) is 18.6 Å². The van der Waals surface area contributed by atoms with Crippen molar-refractivity contribution in [2.45, 2.75) is 26.7 Å². The first-order valence-electron chi connectivity index (χ1n) is 6.57. The van der Waals surface area contributed by atoms with Crippen LogP contribution < -0.4 is 9.64 Å². The molecule has 2 rings (SSSR count). The zero-order valence-electron chi connectivity index (χ0n) is 12.0. The molecule has 0 fully saturated rings. The molecule has 5 nitrogen and oxygen atoms in total. The summed E-state index contributed by atoms with van der Waals surface area (Å²) in [6, 6.07) is 5.48. The minimum Gasteiger partial charge on any atom is -0.490 e. The van der Waals surface area contributed by atoms with Crippen LogP contribution in [0.5, 0.6) is 5.75 Å². The number of anilines is 1. The summed E-state index contributed by atoms with van der Waals surface area (Å²) in [5.74, 6) is -0.182. The molecule has 0 saturated carbocycles. The highest BCUT2D eigenvalue weighted by molar-refractivity contribution is 5.98. The molecule has 0 unspecified atom stereocenters. The van der Waals surface area contributed by atoms with E-state index in [9.17, 15) is 9.59 Å². The van der Waals surface area contributed by atoms with Crippen LogP contribution in [0.2, 0.25) is 0 Å². The van der Waals surface area contributed by atoms with E-state index in [0.717, 1.165) is 5.56 Å². The van der Waals surface area contributed by atoms with Gasteiger partial charge in [-0.25, -0.2) is 0 Å². The van der Waals surface area contributed by atoms with E-state index in [1.807, 2.05) is 26.0 Å². The average molecular weight is 277 g/mol. The fourth-order valence-corrected chi connectivity index (χ4v) is 2.24. The molecule has 5 heteroatoms. The minimum atomic E-state index is -0.832. The summed E-state index contributed by atoms with van der Waals surface area (Å²) in [6.07, 6.45) is 0.511. The van der Waals surface area contributed by atoms with E-state index < -0.39 is 11.4 Å². The van der Waals surface area contributed by atoms with Crippen molar-refractivity contribution in [3.63, 3.8) is 0 Å². The lowest BCUT2D eigenvalue weighted by Crippen LogP contribution is -2.39. The van der Waals surface area contributed by atoms with Gasteiger partial charge >= 0.3 is 5.97 Å². The Morgan fingerprint density at radius 3 is 2.80 bits per heavy atom. The van der Waals surface area contributed by atoms with Crippen LogP contribution in [-0.4, -0.2) is 30.6 Å². The standard InChI is InChI=1S/C15H19NO4/c1-15(2)9-20-12-6-4-10(5-7-13(17)18)8-11(12)16(3)14(15)19/h4,6,8H,5,7,9H2,1-3H3,(H,17,18). The van der Waals surface area contributed by atoms with Crippen molar-refractivity contribution in [3.05, 3.63) is 23.8 Å². The maximum Gasteiger partial charge on any atom is 0.303 e. The summed E-state index contributed by atoms with van der Waals surface area (Å²) >= 11 is 0. The van der Waals surface area contributed by atoms with Gasteiger partial charge in [0.05, 0.1) is 11.1 Å². The highest BCUT2D eigenvalue weighted by Gasteiger charge is 2.36. The second-order valence-corrected chi connectivity index (χ2v) is 5.73. The quantitative estimate of drug-likeness (QED) is 0.918. The van der Waals surface area contributed by atoms with Crippen molar-refractivity contribution in [3.8, 4) is 5.75 Å². The van der Waals surface area contributed by atoms with Gasteiger partial charge in [0.1, 0.15) is 12.4 Å². The number of fused-ring (bicyclic) bond motifs is 1. The molecule has 1 aromatic carbocycles. The van der Waals surface area contributed by atoms with Crippen LogP contribution in [0.1, 0.15) is 25.8 Å². The van der Waals surface area contributed by atoms with E-state index >= 15 is 0 Å². The van der Waals surface area contributed by atoms with Gasteiger partial charge in [-0.05, 0) is 38.0 Å². The van der Waals surface area contributed by atoms with Gasteiger partial charge in [0, 0.05) is 13.5 Å². The third-order valence-electron chi connectivity index (χ3n) is 3.48. The van der Waals surface area contributed by atoms with Crippen molar-refractivity contribution in [1.29, 1.82) is 0 Å². The summed E-state index contributed by atoms with van der Waals surface area (Å²) in [5, 5.41) is 8.73. The number of carboxylic acid groups (broad SMARTS) is 1. The summed E-state index contributed by atoms with van der Waals surface area (Å²) in [7, 11) is 1.72. The number of carbonyl (C=O) groups excluding carboxylic acids is 1. The number of hydrogen-bond donors (Lipinski definition) is 1. The van der Waals surface area contributed by atoms with E-state index in [2.05, 4.69) is 0 Å². The first-order valence-corrected chi connectivity index (χ1v) is 6.57. The van der Waals surface area contributed by atoms with E-state index in [-0.39, 0.29) is 12.3 Å². The number of benzene rings is 1. The summed E-state index contributed by atoms with van der Waals surface area (Å²) in [4.78, 5) is 24.6. The molecule has 0 spiro atoms. The number of aryl methyl sites for hydroxylation is 1. The topological polar surface area (TPSA) is 66.8 Å². The smallest absolute Gasteiger partial charge is 0.303 e. The molecule has 0 aromatic heterocycles. The number of amides is 1. The van der Waals surface area contributed by atoms with Gasteiger partial charge in [-0.1, -0.05) is 6.07 Å². The van der Waals surface area contributed by atoms with Crippen LogP contribution in [0.15, 0.2) is 18.2 Å². The van der Waals surface area contributed by atoms with Crippen LogP contribution in [-0.2, 0) is 16.0 Å². The second kappa shape index (κ2) is 5.15. The Bertz CT molecular complexity index is 551. The van der Waals surface area contributed by atoms with E-state index in [4.69, 9.17) is 9.84 Å². The highest BCUT2D eigenvalue weighted by Crippen LogP contribution is 2.36. The van der Waals surface area contributed by atoms with Gasteiger partial charge in [0.25, 0.3) is 0 Å². The molecule has 0 aliphatic carbocycles. The highest BCUT2D eigenvalue weighted by atomic mass is 16.5. The maximum atomic E-state index is 12.4. The Morgan fingerprint density at radius 2 is 2.15 bits per heavy atom. The molecule has 0 bridgehead atoms. The van der Waals surface area contributed by atoms with Crippen LogP contribution in [0.25, 0.3) is 0 Å². The van der Waals surface area contributed by atoms with Crippen molar-refractivity contribution in [2.24, 2.45) is 5.41 Å². The first kappa shape index (κ1) is 14.4. The average Bonchev–Trinajstić information content (AvgIpc) is 2.48. The van der Waals surface area contributed by atoms with Gasteiger partial charge in [-0.3, -0.25) is 9.59 Å². The van der Waals surface area contributed by atoms with Gasteiger partial charge in [-0.2, -0.15) is 0 Å². The fourth-order valence-electron chi connectivity index (χ4n) is 2.24. The number of hydrogen-bond acceptors (Lipinski definition) is 3. The normalized spacial score (nSPS) is 17.1. The van der Waals surface area contributed by atoms with Crippen LogP contribution in [0.4, 0.5) is 5.69 Å². The summed E-state index contributed by atoms with van der Waals surface area (Å²) in [5.41, 5.74) is 1.01. The number of carbonyl (C=O) groups is 2. The zero-order chi connectivity index (χ0) is 14.9. The summed E-state index contributed by atoms with van der Waals surface area (Å²) < 4.78 is 5.71. The monoisotopic (exact) mass is 277 g/mol. The predicted molar refractivity (Wildman–Crippen MR) is 75.1 cm³/mol. The lowest BCUT2D eigenvalue weighted by Gasteiger charge is -2.24. The van der Waals surface area contributed by atoms with Gasteiger partial charge < -0.3 is 14.7 Å². The van der Waals surface area contributed by atoms with E-state index in [1.165, 1.54) is 0 Å². The molecule has 108 valence electrons. The van der Waals surface area contributed by atoms with Crippen molar-refractivity contribution in [1.82, 2.24) is 0 Å². The number of rotatable bonds is 3. The first-order chi connectivity index (χ1) is 9.31. The van der Waals surface area contributed by atoms with Crippen molar-refractivity contribution >= 4 is 17.6 Å². The van der Waals surface area contributed by atoms with Crippen molar-refractivity contribution < 1.29 is 19.4 Å². The Balaban J connectivity index is 2.32. The van der Waals surface area contributed by atoms with Gasteiger partial charge in [-0.15, -0.1) is 0 Å². The lowest BCUT2D eigenvalue weighted by atomic mass is 9.93. The van der Waals surface area contributed by atoms with Crippen LogP contribution >= 0.6 is 0 Å². The Hall–Kier alpha value is -2.04. The number of carboxylic acids is 1. The molecule has 1 aromatic rings.